The molecule has 4 bridgehead atoms. The highest BCUT2D eigenvalue weighted by Gasteiger charge is 2.54. The topological polar surface area (TPSA) is 62.3 Å². The minimum absolute atomic E-state index is 0.0889. The molecule has 1 aromatic heterocycles. The summed E-state index contributed by atoms with van der Waals surface area (Å²) in [4.78, 5) is 33.0. The van der Waals surface area contributed by atoms with E-state index in [1.807, 2.05) is 17.0 Å². The summed E-state index contributed by atoms with van der Waals surface area (Å²) in [5.41, 5.74) is 4.06. The SMILES string of the molecule is CC(=O)N1CCc2cc(-c3nc(NC(=O)C45CC6CC(CC(C6)C4)C5)sc3C)ccc21. The Morgan fingerprint density at radius 2 is 1.81 bits per heavy atom. The Bertz CT molecular complexity index is 1050. The zero-order chi connectivity index (χ0) is 21.3. The van der Waals surface area contributed by atoms with Gasteiger partial charge in [0.05, 0.1) is 11.1 Å². The van der Waals surface area contributed by atoms with E-state index >= 15 is 0 Å². The number of carbonyl (C=O) groups excluding carboxylic acids is 2. The van der Waals surface area contributed by atoms with Gasteiger partial charge in [-0.15, -0.1) is 11.3 Å². The fourth-order valence-electron chi connectivity index (χ4n) is 7.21. The molecule has 0 atom stereocenters. The number of nitrogens with one attached hydrogen (secondary N) is 1. The second-order valence-electron chi connectivity index (χ2n) is 10.3. The van der Waals surface area contributed by atoms with Crippen LogP contribution in [0.3, 0.4) is 0 Å². The second-order valence-corrected chi connectivity index (χ2v) is 11.5. The van der Waals surface area contributed by atoms with Crippen molar-refractivity contribution in [3.05, 3.63) is 28.6 Å². The van der Waals surface area contributed by atoms with Crippen molar-refractivity contribution in [3.63, 3.8) is 0 Å². The molecular weight excluding hydrogens is 406 g/mol. The molecule has 1 aromatic carbocycles. The van der Waals surface area contributed by atoms with Crippen LogP contribution in [0.1, 0.15) is 55.9 Å². The van der Waals surface area contributed by atoms with E-state index in [1.54, 1.807) is 18.3 Å². The van der Waals surface area contributed by atoms with E-state index in [-0.39, 0.29) is 17.2 Å². The number of hydrogen-bond donors (Lipinski definition) is 1. The molecule has 1 aliphatic heterocycles. The second kappa shape index (κ2) is 6.89. The summed E-state index contributed by atoms with van der Waals surface area (Å²) in [6.07, 6.45) is 8.10. The number of fused-ring (bicyclic) bond motifs is 1. The Morgan fingerprint density at radius 1 is 1.13 bits per heavy atom. The lowest BCUT2D eigenvalue weighted by Crippen LogP contribution is -2.51. The first-order chi connectivity index (χ1) is 14.9. The maximum absolute atomic E-state index is 13.4. The Kier molecular flexibility index (Phi) is 4.33. The molecular formula is C25H29N3O2S. The van der Waals surface area contributed by atoms with Crippen molar-refractivity contribution in [2.75, 3.05) is 16.8 Å². The third-order valence-electron chi connectivity index (χ3n) is 8.17. The molecule has 5 nitrogen and oxygen atoms in total. The van der Waals surface area contributed by atoms with Gasteiger partial charge in [0.25, 0.3) is 0 Å². The van der Waals surface area contributed by atoms with Gasteiger partial charge in [-0.3, -0.25) is 9.59 Å². The number of benzene rings is 1. The minimum Gasteiger partial charge on any atom is -0.312 e. The molecule has 162 valence electrons. The highest BCUT2D eigenvalue weighted by atomic mass is 32.1. The minimum atomic E-state index is -0.155. The summed E-state index contributed by atoms with van der Waals surface area (Å²) in [7, 11) is 0. The predicted molar refractivity (Wildman–Crippen MR) is 123 cm³/mol. The number of aryl methyl sites for hydroxylation is 1. The zero-order valence-corrected chi connectivity index (χ0v) is 19.1. The van der Waals surface area contributed by atoms with Gasteiger partial charge >= 0.3 is 0 Å². The highest BCUT2D eigenvalue weighted by molar-refractivity contribution is 7.16. The maximum atomic E-state index is 13.4. The van der Waals surface area contributed by atoms with Crippen molar-refractivity contribution in [2.45, 2.75) is 58.8 Å². The standard InChI is InChI=1S/C25H29N3O2S/c1-14-22(20-3-4-21-19(10-20)5-6-28(21)15(2)29)26-24(31-14)27-23(30)25-11-16-7-17(12-25)9-18(8-16)13-25/h3-4,10,16-18H,5-9,11-13H2,1-2H3,(H,26,27,30). The smallest absolute Gasteiger partial charge is 0.232 e. The van der Waals surface area contributed by atoms with Gasteiger partial charge in [0.15, 0.2) is 5.13 Å². The van der Waals surface area contributed by atoms with Crippen LogP contribution >= 0.6 is 11.3 Å². The van der Waals surface area contributed by atoms with Crippen molar-refractivity contribution < 1.29 is 9.59 Å². The quantitative estimate of drug-likeness (QED) is 0.722. The largest absolute Gasteiger partial charge is 0.312 e. The van der Waals surface area contributed by atoms with Crippen LogP contribution in [0.2, 0.25) is 0 Å². The average Bonchev–Trinajstić information content (AvgIpc) is 3.29. The van der Waals surface area contributed by atoms with Crippen molar-refractivity contribution in [1.29, 1.82) is 0 Å². The molecule has 0 radical (unpaired) electrons. The normalized spacial score (nSPS) is 30.5. The molecule has 7 rings (SSSR count). The van der Waals surface area contributed by atoms with E-state index in [0.29, 0.717) is 0 Å². The monoisotopic (exact) mass is 435 g/mol. The Hall–Kier alpha value is -2.21. The van der Waals surface area contributed by atoms with Crippen LogP contribution in [0, 0.1) is 30.1 Å². The summed E-state index contributed by atoms with van der Waals surface area (Å²) in [6.45, 7) is 4.44. The van der Waals surface area contributed by atoms with Gasteiger partial charge in [0.1, 0.15) is 0 Å². The van der Waals surface area contributed by atoms with E-state index in [1.165, 1.54) is 24.8 Å². The van der Waals surface area contributed by atoms with E-state index in [2.05, 4.69) is 18.3 Å². The summed E-state index contributed by atoms with van der Waals surface area (Å²) in [5, 5.41) is 3.94. The molecule has 5 aliphatic rings. The molecule has 1 N–H and O–H groups in total. The first-order valence-electron chi connectivity index (χ1n) is 11.6. The fraction of sp³-hybridized carbons (Fsp3) is 0.560. The number of carbonyl (C=O) groups is 2. The molecule has 0 spiro atoms. The molecule has 6 heteroatoms. The average molecular weight is 436 g/mol. The molecule has 4 aliphatic carbocycles. The Morgan fingerprint density at radius 3 is 2.45 bits per heavy atom. The lowest BCUT2D eigenvalue weighted by atomic mass is 9.49. The van der Waals surface area contributed by atoms with E-state index in [0.717, 1.165) is 76.9 Å². The Labute approximate surface area is 187 Å². The van der Waals surface area contributed by atoms with Gasteiger partial charge in [-0.2, -0.15) is 0 Å². The van der Waals surface area contributed by atoms with Gasteiger partial charge in [0.2, 0.25) is 11.8 Å². The van der Waals surface area contributed by atoms with Crippen molar-refractivity contribution >= 4 is 34.0 Å². The number of nitrogens with zero attached hydrogens (tertiary/aromatic N) is 2. The summed E-state index contributed by atoms with van der Waals surface area (Å²) >= 11 is 1.57. The molecule has 0 saturated heterocycles. The van der Waals surface area contributed by atoms with Gasteiger partial charge in [0, 0.05) is 29.6 Å². The number of hydrogen-bond acceptors (Lipinski definition) is 4. The molecule has 4 fully saturated rings. The number of rotatable bonds is 3. The summed E-state index contributed by atoms with van der Waals surface area (Å²) in [6, 6.07) is 6.24. The van der Waals surface area contributed by atoms with Crippen LogP contribution in [0.4, 0.5) is 10.8 Å². The predicted octanol–water partition coefficient (Wildman–Crippen LogP) is 5.18. The third kappa shape index (κ3) is 3.13. The third-order valence-corrected chi connectivity index (χ3v) is 9.05. The van der Waals surface area contributed by atoms with Crippen LogP contribution in [0.5, 0.6) is 0 Å². The molecule has 4 saturated carbocycles. The molecule has 0 unspecified atom stereocenters. The molecule has 31 heavy (non-hydrogen) atoms. The fourth-order valence-corrected chi connectivity index (χ4v) is 8.04. The van der Waals surface area contributed by atoms with Crippen molar-refractivity contribution in [1.82, 2.24) is 4.98 Å². The maximum Gasteiger partial charge on any atom is 0.232 e. The van der Waals surface area contributed by atoms with Crippen molar-refractivity contribution in [3.8, 4) is 11.3 Å². The van der Waals surface area contributed by atoms with Crippen LogP contribution in [0.25, 0.3) is 11.3 Å². The first kappa shape index (κ1) is 19.5. The van der Waals surface area contributed by atoms with Crippen LogP contribution in [-0.2, 0) is 16.0 Å². The van der Waals surface area contributed by atoms with E-state index in [9.17, 15) is 9.59 Å². The van der Waals surface area contributed by atoms with Crippen LogP contribution < -0.4 is 10.2 Å². The lowest BCUT2D eigenvalue weighted by Gasteiger charge is -2.55. The Balaban J connectivity index is 1.24. The van der Waals surface area contributed by atoms with Gasteiger partial charge in [-0.1, -0.05) is 6.07 Å². The number of amides is 2. The first-order valence-corrected chi connectivity index (χ1v) is 12.4. The number of anilines is 2. The van der Waals surface area contributed by atoms with E-state index in [4.69, 9.17) is 4.98 Å². The van der Waals surface area contributed by atoms with Gasteiger partial charge in [-0.05, 0) is 87.3 Å². The van der Waals surface area contributed by atoms with Gasteiger partial charge in [-0.25, -0.2) is 4.98 Å². The summed E-state index contributed by atoms with van der Waals surface area (Å²) < 4.78 is 0. The lowest BCUT2D eigenvalue weighted by molar-refractivity contribution is -0.140. The van der Waals surface area contributed by atoms with E-state index < -0.39 is 0 Å². The van der Waals surface area contributed by atoms with Crippen LogP contribution in [0.15, 0.2) is 18.2 Å². The van der Waals surface area contributed by atoms with Gasteiger partial charge < -0.3 is 10.2 Å². The summed E-state index contributed by atoms with van der Waals surface area (Å²) in [5.74, 6) is 2.56. The molecule has 2 heterocycles. The highest BCUT2D eigenvalue weighted by Crippen LogP contribution is 2.60. The molecule has 2 aromatic rings. The number of aromatic nitrogens is 1. The number of thiazole rings is 1. The molecule has 2 amide bonds. The van der Waals surface area contributed by atoms with Crippen LogP contribution in [-0.4, -0.2) is 23.3 Å². The zero-order valence-electron chi connectivity index (χ0n) is 18.2. The van der Waals surface area contributed by atoms with Crippen molar-refractivity contribution in [2.24, 2.45) is 23.2 Å².